The first-order valence-electron chi connectivity index (χ1n) is 8.23. The summed E-state index contributed by atoms with van der Waals surface area (Å²) in [6.07, 6.45) is -2.18. The fraction of sp³-hybridized carbons (Fsp3) is 0.211. The number of para-hydroxylation sites is 1. The van der Waals surface area contributed by atoms with E-state index >= 15 is 0 Å². The van der Waals surface area contributed by atoms with E-state index in [4.69, 9.17) is 4.74 Å². The van der Waals surface area contributed by atoms with Crippen molar-refractivity contribution in [2.45, 2.75) is 12.6 Å². The number of amides is 2. The smallest absolute Gasteiger partial charge is 0.418 e. The van der Waals surface area contributed by atoms with E-state index in [-0.39, 0.29) is 12.2 Å². The van der Waals surface area contributed by atoms with E-state index in [2.05, 4.69) is 15.6 Å². The van der Waals surface area contributed by atoms with Gasteiger partial charge >= 0.3 is 12.2 Å². The lowest BCUT2D eigenvalue weighted by Crippen LogP contribution is -2.31. The van der Waals surface area contributed by atoms with Crippen LogP contribution < -0.4 is 15.4 Å². The minimum Gasteiger partial charge on any atom is -0.497 e. The van der Waals surface area contributed by atoms with Crippen LogP contribution in [0.15, 0.2) is 48.7 Å². The molecule has 0 aliphatic rings. The molecule has 0 radical (unpaired) electrons. The lowest BCUT2D eigenvalue weighted by Gasteiger charge is -2.14. The van der Waals surface area contributed by atoms with Crippen LogP contribution >= 0.6 is 0 Å². The number of benzene rings is 2. The average molecular weight is 377 g/mol. The Bertz CT molecular complexity index is 951. The van der Waals surface area contributed by atoms with E-state index in [1.54, 1.807) is 7.11 Å². The molecule has 3 aromatic rings. The van der Waals surface area contributed by atoms with Gasteiger partial charge in [-0.25, -0.2) is 4.79 Å². The maximum Gasteiger partial charge on any atom is 0.418 e. The van der Waals surface area contributed by atoms with Crippen molar-refractivity contribution in [3.05, 3.63) is 59.8 Å². The van der Waals surface area contributed by atoms with Crippen LogP contribution in [-0.2, 0) is 12.6 Å². The molecule has 0 aliphatic heterocycles. The third-order valence-corrected chi connectivity index (χ3v) is 4.14. The third kappa shape index (κ3) is 4.33. The molecule has 0 bridgehead atoms. The molecule has 2 aromatic carbocycles. The van der Waals surface area contributed by atoms with E-state index in [0.717, 1.165) is 28.3 Å². The highest BCUT2D eigenvalue weighted by molar-refractivity contribution is 5.90. The van der Waals surface area contributed by atoms with Crippen molar-refractivity contribution in [3.63, 3.8) is 0 Å². The van der Waals surface area contributed by atoms with Crippen LogP contribution in [0.5, 0.6) is 5.75 Å². The number of carbonyl (C=O) groups is 1. The molecule has 27 heavy (non-hydrogen) atoms. The maximum atomic E-state index is 13.0. The molecule has 3 rings (SSSR count). The number of alkyl halides is 3. The van der Waals surface area contributed by atoms with E-state index in [0.29, 0.717) is 6.42 Å². The first-order chi connectivity index (χ1) is 12.9. The molecule has 0 saturated carbocycles. The second-order valence-corrected chi connectivity index (χ2v) is 5.90. The van der Waals surface area contributed by atoms with Crippen molar-refractivity contribution in [1.82, 2.24) is 10.3 Å². The fourth-order valence-corrected chi connectivity index (χ4v) is 2.81. The summed E-state index contributed by atoms with van der Waals surface area (Å²) in [5.74, 6) is 0.720. The summed E-state index contributed by atoms with van der Waals surface area (Å²) < 4.78 is 44.1. The number of fused-ring (bicyclic) bond motifs is 1. The minimum absolute atomic E-state index is 0.268. The SMILES string of the molecule is COc1ccc2[nH]cc(CCNC(=O)Nc3ccccc3C(F)(F)F)c2c1. The molecule has 0 aliphatic carbocycles. The lowest BCUT2D eigenvalue weighted by molar-refractivity contribution is -0.136. The molecule has 1 aromatic heterocycles. The van der Waals surface area contributed by atoms with Crippen LogP contribution in [0.3, 0.4) is 0 Å². The Morgan fingerprint density at radius 3 is 2.70 bits per heavy atom. The number of anilines is 1. The van der Waals surface area contributed by atoms with Gasteiger partial charge in [-0.1, -0.05) is 12.1 Å². The third-order valence-electron chi connectivity index (χ3n) is 4.14. The van der Waals surface area contributed by atoms with Crippen LogP contribution in [0.1, 0.15) is 11.1 Å². The molecule has 3 N–H and O–H groups in total. The van der Waals surface area contributed by atoms with E-state index in [1.807, 2.05) is 24.4 Å². The predicted molar refractivity (Wildman–Crippen MR) is 97.0 cm³/mol. The zero-order chi connectivity index (χ0) is 19.4. The van der Waals surface area contributed by atoms with Crippen LogP contribution in [0.25, 0.3) is 10.9 Å². The first-order valence-corrected chi connectivity index (χ1v) is 8.23. The molecule has 0 saturated heterocycles. The van der Waals surface area contributed by atoms with Crippen molar-refractivity contribution < 1.29 is 22.7 Å². The first kappa shape index (κ1) is 18.6. The molecule has 1 heterocycles. The van der Waals surface area contributed by atoms with Gasteiger partial charge in [-0.2, -0.15) is 13.2 Å². The summed E-state index contributed by atoms with van der Waals surface area (Å²) in [5.41, 5.74) is 0.748. The van der Waals surface area contributed by atoms with Gasteiger partial charge in [0.25, 0.3) is 0 Å². The number of methoxy groups -OCH3 is 1. The Hall–Kier alpha value is -3.16. The van der Waals surface area contributed by atoms with Gasteiger partial charge in [0.1, 0.15) is 5.75 Å². The van der Waals surface area contributed by atoms with Gasteiger partial charge in [0.2, 0.25) is 0 Å². The Balaban J connectivity index is 1.61. The summed E-state index contributed by atoms with van der Waals surface area (Å²) in [5, 5.41) is 5.80. The molecule has 142 valence electrons. The number of halogens is 3. The zero-order valence-electron chi connectivity index (χ0n) is 14.5. The molecule has 0 unspecified atom stereocenters. The van der Waals surface area contributed by atoms with E-state index in [1.165, 1.54) is 18.2 Å². The number of rotatable bonds is 5. The number of ether oxygens (including phenoxy) is 1. The van der Waals surface area contributed by atoms with Gasteiger partial charge in [0.15, 0.2) is 0 Å². The predicted octanol–water partition coefficient (Wildman–Crippen LogP) is 4.56. The van der Waals surface area contributed by atoms with E-state index < -0.39 is 17.8 Å². The number of hydrogen-bond donors (Lipinski definition) is 3. The summed E-state index contributed by atoms with van der Waals surface area (Å²) in [4.78, 5) is 15.1. The van der Waals surface area contributed by atoms with Crippen LogP contribution in [0.4, 0.5) is 23.7 Å². The second kappa shape index (κ2) is 7.61. The summed E-state index contributed by atoms with van der Waals surface area (Å²) in [6, 6.07) is 9.79. The molecular weight excluding hydrogens is 359 g/mol. The van der Waals surface area contributed by atoms with Gasteiger partial charge in [-0.15, -0.1) is 0 Å². The molecule has 0 spiro atoms. The molecule has 5 nitrogen and oxygen atoms in total. The fourth-order valence-electron chi connectivity index (χ4n) is 2.81. The molecule has 0 atom stereocenters. The number of nitrogens with one attached hydrogen (secondary N) is 3. The number of urea groups is 1. The normalized spacial score (nSPS) is 11.4. The topological polar surface area (TPSA) is 66.1 Å². The largest absolute Gasteiger partial charge is 0.497 e. The summed E-state index contributed by atoms with van der Waals surface area (Å²) >= 11 is 0. The number of hydrogen-bond acceptors (Lipinski definition) is 2. The van der Waals surface area contributed by atoms with Crippen molar-refractivity contribution in [2.75, 3.05) is 19.0 Å². The highest BCUT2D eigenvalue weighted by atomic mass is 19.4. The highest BCUT2D eigenvalue weighted by Crippen LogP contribution is 2.34. The van der Waals surface area contributed by atoms with Gasteiger partial charge in [0.05, 0.1) is 18.4 Å². The number of carbonyl (C=O) groups excluding carboxylic acids is 1. The summed E-state index contributed by atoms with van der Waals surface area (Å²) in [7, 11) is 1.58. The van der Waals surface area contributed by atoms with Crippen LogP contribution in [0, 0.1) is 0 Å². The van der Waals surface area contributed by atoms with Crippen molar-refractivity contribution in [2.24, 2.45) is 0 Å². The Kier molecular flexibility index (Phi) is 5.25. The monoisotopic (exact) mass is 377 g/mol. The summed E-state index contributed by atoms with van der Waals surface area (Å²) in [6.45, 7) is 0.268. The van der Waals surface area contributed by atoms with E-state index in [9.17, 15) is 18.0 Å². The average Bonchev–Trinajstić information content (AvgIpc) is 3.03. The number of aromatic amines is 1. The van der Waals surface area contributed by atoms with Crippen molar-refractivity contribution in [3.8, 4) is 5.75 Å². The number of H-pyrrole nitrogens is 1. The van der Waals surface area contributed by atoms with Crippen LogP contribution in [0.2, 0.25) is 0 Å². The van der Waals surface area contributed by atoms with Gasteiger partial charge in [-0.3, -0.25) is 0 Å². The second-order valence-electron chi connectivity index (χ2n) is 5.90. The highest BCUT2D eigenvalue weighted by Gasteiger charge is 2.33. The lowest BCUT2D eigenvalue weighted by atomic mass is 10.1. The Labute approximate surface area is 153 Å². The Morgan fingerprint density at radius 2 is 1.96 bits per heavy atom. The molecule has 0 fully saturated rings. The molecule has 8 heteroatoms. The van der Waals surface area contributed by atoms with Crippen LogP contribution in [-0.4, -0.2) is 24.7 Å². The Morgan fingerprint density at radius 1 is 1.19 bits per heavy atom. The zero-order valence-corrected chi connectivity index (χ0v) is 14.5. The number of aromatic nitrogens is 1. The van der Waals surface area contributed by atoms with Crippen molar-refractivity contribution >= 4 is 22.6 Å². The molecular formula is C19H18F3N3O2. The maximum absolute atomic E-state index is 13.0. The van der Waals surface area contributed by atoms with Gasteiger partial charge in [0, 0.05) is 23.6 Å². The van der Waals surface area contributed by atoms with Gasteiger partial charge in [-0.05, 0) is 42.3 Å². The quantitative estimate of drug-likeness (QED) is 0.610. The van der Waals surface area contributed by atoms with Gasteiger partial charge < -0.3 is 20.4 Å². The standard InChI is InChI=1S/C19H18F3N3O2/c1-27-13-6-7-16-14(10-13)12(11-24-16)8-9-23-18(26)25-17-5-3-2-4-15(17)19(20,21)22/h2-7,10-11,24H,8-9H2,1H3,(H2,23,25,26). The minimum atomic E-state index is -4.53. The molecule has 2 amide bonds. The van der Waals surface area contributed by atoms with Crippen molar-refractivity contribution in [1.29, 1.82) is 0 Å².